The van der Waals surface area contributed by atoms with Crippen LogP contribution in [0.5, 0.6) is 0 Å². The average Bonchev–Trinajstić information content (AvgIpc) is 2.37. The van der Waals surface area contributed by atoms with E-state index in [4.69, 9.17) is 10.00 Å². The lowest BCUT2D eigenvalue weighted by atomic mass is 9.86. The average molecular weight is 323 g/mol. The van der Waals surface area contributed by atoms with Crippen molar-refractivity contribution in [3.63, 3.8) is 0 Å². The first kappa shape index (κ1) is 14.0. The highest BCUT2D eigenvalue weighted by Gasteiger charge is 2.47. The molecule has 0 N–H and O–H groups in total. The Kier molecular flexibility index (Phi) is 4.23. The van der Waals surface area contributed by atoms with Crippen LogP contribution in [0.3, 0.4) is 0 Å². The molecule has 0 bridgehead atoms. The Morgan fingerprint density at radius 1 is 1.47 bits per heavy atom. The number of benzene rings is 1. The highest BCUT2D eigenvalue weighted by atomic mass is 79.9. The Balaban J connectivity index is 1.91. The Morgan fingerprint density at radius 3 is 2.58 bits per heavy atom. The number of halogens is 1. The summed E-state index contributed by atoms with van der Waals surface area (Å²) in [6.45, 7) is 1.03. The third kappa shape index (κ3) is 2.96. The molecule has 1 fully saturated rings. The van der Waals surface area contributed by atoms with Gasteiger partial charge < -0.3 is 9.64 Å². The van der Waals surface area contributed by atoms with Crippen molar-refractivity contribution in [3.05, 3.63) is 34.3 Å². The number of hydrogen-bond donors (Lipinski definition) is 0. The van der Waals surface area contributed by atoms with Crippen molar-refractivity contribution in [1.29, 1.82) is 5.26 Å². The zero-order valence-corrected chi connectivity index (χ0v) is 12.3. The van der Waals surface area contributed by atoms with Crippen LogP contribution >= 0.6 is 15.9 Å². The molecule has 19 heavy (non-hydrogen) atoms. The minimum atomic E-state index is -0.950. The Labute approximate surface area is 121 Å². The lowest BCUT2D eigenvalue weighted by Gasteiger charge is -2.36. The minimum Gasteiger partial charge on any atom is -0.377 e. The maximum absolute atomic E-state index is 12.2. The zero-order valence-electron chi connectivity index (χ0n) is 10.7. The molecule has 0 atom stereocenters. The van der Waals surface area contributed by atoms with Crippen LogP contribution in [0.1, 0.15) is 5.56 Å². The number of nitrogens with zero attached hydrogens (tertiary/aromatic N) is 2. The van der Waals surface area contributed by atoms with E-state index in [-0.39, 0.29) is 19.1 Å². The normalized spacial score (nSPS) is 16.3. The fraction of sp³-hybridized carbons (Fsp3) is 0.429. The Bertz CT molecular complexity index is 503. The number of likely N-dealkylation sites (N-methyl/N-ethyl adjacent to an activating group) is 1. The van der Waals surface area contributed by atoms with E-state index < -0.39 is 5.41 Å². The molecule has 1 aromatic carbocycles. The fourth-order valence-electron chi connectivity index (χ4n) is 1.96. The zero-order chi connectivity index (χ0) is 13.9. The van der Waals surface area contributed by atoms with Gasteiger partial charge in [0, 0.05) is 18.1 Å². The molecule has 0 aliphatic carbocycles. The van der Waals surface area contributed by atoms with Gasteiger partial charge in [-0.1, -0.05) is 28.1 Å². The van der Waals surface area contributed by atoms with E-state index in [1.54, 1.807) is 11.9 Å². The molecule has 2 rings (SSSR count). The molecule has 5 heteroatoms. The molecule has 0 unspecified atom stereocenters. The topological polar surface area (TPSA) is 53.3 Å². The fourth-order valence-corrected chi connectivity index (χ4v) is 2.22. The maximum atomic E-state index is 12.2. The number of ether oxygens (including phenoxy) is 1. The predicted octanol–water partition coefficient (Wildman–Crippen LogP) is 1.99. The second-order valence-corrected chi connectivity index (χ2v) is 5.71. The number of carbonyl (C=O) groups is 1. The molecule has 100 valence electrons. The van der Waals surface area contributed by atoms with Crippen molar-refractivity contribution < 1.29 is 9.53 Å². The van der Waals surface area contributed by atoms with Gasteiger partial charge in [0.05, 0.1) is 19.3 Å². The molecule has 0 radical (unpaired) electrons. The van der Waals surface area contributed by atoms with E-state index in [1.807, 2.05) is 24.3 Å². The number of nitriles is 1. The summed E-state index contributed by atoms with van der Waals surface area (Å²) >= 11 is 3.39. The molecule has 0 spiro atoms. The molecule has 0 saturated carbocycles. The van der Waals surface area contributed by atoms with Gasteiger partial charge in [-0.15, -0.1) is 0 Å². The SMILES string of the molecule is CN(CCc1ccc(Br)cc1)C(=O)C1(C#N)COC1. The largest absolute Gasteiger partial charge is 0.377 e. The van der Waals surface area contributed by atoms with Gasteiger partial charge in [-0.25, -0.2) is 0 Å². The first-order valence-corrected chi connectivity index (χ1v) is 6.86. The van der Waals surface area contributed by atoms with Gasteiger partial charge in [-0.2, -0.15) is 5.26 Å². The Hall–Kier alpha value is -1.38. The first-order chi connectivity index (χ1) is 9.07. The third-order valence-corrected chi connectivity index (χ3v) is 3.84. The van der Waals surface area contributed by atoms with Gasteiger partial charge in [-0.3, -0.25) is 4.79 Å². The van der Waals surface area contributed by atoms with E-state index in [1.165, 1.54) is 5.56 Å². The van der Waals surface area contributed by atoms with Crippen LogP contribution in [0.15, 0.2) is 28.7 Å². The van der Waals surface area contributed by atoms with Crippen molar-refractivity contribution in [2.24, 2.45) is 5.41 Å². The Morgan fingerprint density at radius 2 is 2.11 bits per heavy atom. The molecule has 1 aromatic rings. The lowest BCUT2D eigenvalue weighted by molar-refractivity contribution is -0.159. The molecule has 1 heterocycles. The van der Waals surface area contributed by atoms with Gasteiger partial charge in [0.2, 0.25) is 5.91 Å². The van der Waals surface area contributed by atoms with Gasteiger partial charge in [0.1, 0.15) is 0 Å². The lowest BCUT2D eigenvalue weighted by Crippen LogP contribution is -2.53. The molecule has 1 aliphatic heterocycles. The van der Waals surface area contributed by atoms with Crippen LogP contribution in [0.4, 0.5) is 0 Å². The first-order valence-electron chi connectivity index (χ1n) is 6.06. The standard InChI is InChI=1S/C14H15BrN2O2/c1-17(13(18)14(8-16)9-19-10-14)7-6-11-2-4-12(15)5-3-11/h2-5H,6-7,9-10H2,1H3. The summed E-state index contributed by atoms with van der Waals surface area (Å²) in [4.78, 5) is 13.8. The van der Waals surface area contributed by atoms with E-state index in [9.17, 15) is 4.79 Å². The number of carbonyl (C=O) groups excluding carboxylic acids is 1. The summed E-state index contributed by atoms with van der Waals surface area (Å²) < 4.78 is 6.04. The van der Waals surface area contributed by atoms with Gasteiger partial charge in [0.15, 0.2) is 5.41 Å². The summed E-state index contributed by atoms with van der Waals surface area (Å²) in [5, 5.41) is 9.09. The van der Waals surface area contributed by atoms with Gasteiger partial charge in [0.25, 0.3) is 0 Å². The second-order valence-electron chi connectivity index (χ2n) is 4.79. The van der Waals surface area contributed by atoms with Crippen molar-refractivity contribution >= 4 is 21.8 Å². The molecule has 0 aromatic heterocycles. The second kappa shape index (κ2) is 5.72. The molecular formula is C14H15BrN2O2. The molecule has 1 amide bonds. The highest BCUT2D eigenvalue weighted by Crippen LogP contribution is 2.28. The van der Waals surface area contributed by atoms with Crippen molar-refractivity contribution in [1.82, 2.24) is 4.90 Å². The van der Waals surface area contributed by atoms with E-state index in [0.717, 1.165) is 10.9 Å². The van der Waals surface area contributed by atoms with E-state index >= 15 is 0 Å². The number of amides is 1. The van der Waals surface area contributed by atoms with Crippen molar-refractivity contribution in [2.75, 3.05) is 26.8 Å². The van der Waals surface area contributed by atoms with Gasteiger partial charge >= 0.3 is 0 Å². The molecule has 1 saturated heterocycles. The molecule has 1 aliphatic rings. The highest BCUT2D eigenvalue weighted by molar-refractivity contribution is 9.10. The smallest absolute Gasteiger partial charge is 0.247 e. The number of hydrogen-bond acceptors (Lipinski definition) is 3. The van der Waals surface area contributed by atoms with Crippen molar-refractivity contribution in [3.8, 4) is 6.07 Å². The molecule has 4 nitrogen and oxygen atoms in total. The summed E-state index contributed by atoms with van der Waals surface area (Å²) in [5.74, 6) is -0.140. The predicted molar refractivity (Wildman–Crippen MR) is 74.3 cm³/mol. The van der Waals surface area contributed by atoms with Crippen LogP contribution in [0.2, 0.25) is 0 Å². The van der Waals surface area contributed by atoms with Crippen LogP contribution < -0.4 is 0 Å². The van der Waals surface area contributed by atoms with E-state index in [0.29, 0.717) is 6.54 Å². The third-order valence-electron chi connectivity index (χ3n) is 3.32. The van der Waals surface area contributed by atoms with Crippen LogP contribution in [0, 0.1) is 16.7 Å². The minimum absolute atomic E-state index is 0.140. The van der Waals surface area contributed by atoms with Crippen LogP contribution in [0.25, 0.3) is 0 Å². The summed E-state index contributed by atoms with van der Waals surface area (Å²) in [5.41, 5.74) is 0.216. The summed E-state index contributed by atoms with van der Waals surface area (Å²) in [6.07, 6.45) is 0.776. The quantitative estimate of drug-likeness (QED) is 0.851. The number of rotatable bonds is 4. The van der Waals surface area contributed by atoms with Crippen LogP contribution in [-0.2, 0) is 16.0 Å². The summed E-state index contributed by atoms with van der Waals surface area (Å²) in [6, 6.07) is 10.1. The summed E-state index contributed by atoms with van der Waals surface area (Å²) in [7, 11) is 1.73. The maximum Gasteiger partial charge on any atom is 0.247 e. The van der Waals surface area contributed by atoms with Crippen LogP contribution in [-0.4, -0.2) is 37.6 Å². The van der Waals surface area contributed by atoms with Gasteiger partial charge in [-0.05, 0) is 24.1 Å². The molecular weight excluding hydrogens is 308 g/mol. The monoisotopic (exact) mass is 322 g/mol. The van der Waals surface area contributed by atoms with E-state index in [2.05, 4.69) is 22.0 Å². The van der Waals surface area contributed by atoms with Crippen molar-refractivity contribution in [2.45, 2.75) is 6.42 Å².